The molecule has 0 radical (unpaired) electrons. The number of carbonyl (C=O) groups excluding carboxylic acids is 2. The number of alkyl halides is 1. The Morgan fingerprint density at radius 3 is 2.58 bits per heavy atom. The molecule has 19 heavy (non-hydrogen) atoms. The average Bonchev–Trinajstić information content (AvgIpc) is 2.61. The highest BCUT2D eigenvalue weighted by Crippen LogP contribution is 2.33. The molecule has 1 amide bonds. The fourth-order valence-corrected chi connectivity index (χ4v) is 2.73. The third-order valence-electron chi connectivity index (χ3n) is 3.22. The third-order valence-corrected chi connectivity index (χ3v) is 4.13. The number of nitrogens with zero attached hydrogens (tertiary/aromatic N) is 1. The van der Waals surface area contributed by atoms with Crippen molar-refractivity contribution in [2.75, 3.05) is 16.8 Å². The summed E-state index contributed by atoms with van der Waals surface area (Å²) >= 11 is 3.31. The maximum Gasteiger partial charge on any atom is 0.299 e. The van der Waals surface area contributed by atoms with Gasteiger partial charge in [0.2, 0.25) is 0 Å². The van der Waals surface area contributed by atoms with Gasteiger partial charge in [-0.15, -0.1) is 0 Å². The SMILES string of the molecule is CCC(CBr)CN1C(=O)C(=O)c2cc(F)cc(F)c21. The molecule has 1 atom stereocenters. The molecule has 1 aliphatic heterocycles. The van der Waals surface area contributed by atoms with Gasteiger partial charge in [-0.05, 0) is 12.0 Å². The van der Waals surface area contributed by atoms with E-state index in [1.165, 1.54) is 0 Å². The van der Waals surface area contributed by atoms with Gasteiger partial charge >= 0.3 is 0 Å². The largest absolute Gasteiger partial charge is 0.302 e. The number of benzene rings is 1. The van der Waals surface area contributed by atoms with Crippen molar-refractivity contribution in [2.45, 2.75) is 13.3 Å². The van der Waals surface area contributed by atoms with E-state index in [0.717, 1.165) is 17.4 Å². The smallest absolute Gasteiger partial charge is 0.299 e. The molecule has 1 heterocycles. The second-order valence-corrected chi connectivity index (χ2v) is 5.10. The topological polar surface area (TPSA) is 37.4 Å². The number of rotatable bonds is 4. The van der Waals surface area contributed by atoms with E-state index in [1.54, 1.807) is 0 Å². The first-order valence-corrected chi connectivity index (χ1v) is 7.02. The first-order valence-electron chi connectivity index (χ1n) is 5.90. The van der Waals surface area contributed by atoms with Crippen molar-refractivity contribution in [1.29, 1.82) is 0 Å². The van der Waals surface area contributed by atoms with Gasteiger partial charge in [-0.1, -0.05) is 29.3 Å². The Labute approximate surface area is 117 Å². The summed E-state index contributed by atoms with van der Waals surface area (Å²) in [6, 6.07) is 1.60. The van der Waals surface area contributed by atoms with Gasteiger partial charge in [0.15, 0.2) is 5.82 Å². The zero-order chi connectivity index (χ0) is 14.2. The standard InChI is InChI=1S/C13H12BrF2NO2/c1-2-7(5-14)6-17-11-9(12(18)13(17)19)3-8(15)4-10(11)16/h3-4,7H,2,5-6H2,1H3. The monoisotopic (exact) mass is 331 g/mol. The molecule has 0 spiro atoms. The molecular formula is C13H12BrF2NO2. The van der Waals surface area contributed by atoms with Crippen LogP contribution in [0.4, 0.5) is 14.5 Å². The molecule has 0 saturated heterocycles. The summed E-state index contributed by atoms with van der Waals surface area (Å²) in [4.78, 5) is 24.7. The van der Waals surface area contributed by atoms with Gasteiger partial charge in [0.05, 0.1) is 11.3 Å². The summed E-state index contributed by atoms with van der Waals surface area (Å²) in [7, 11) is 0. The number of halogens is 3. The minimum absolute atomic E-state index is 0.101. The van der Waals surface area contributed by atoms with Crippen molar-refractivity contribution in [2.24, 2.45) is 5.92 Å². The van der Waals surface area contributed by atoms with Gasteiger partial charge in [-0.2, -0.15) is 0 Å². The highest BCUT2D eigenvalue weighted by atomic mass is 79.9. The van der Waals surface area contributed by atoms with Crippen LogP contribution in [0.2, 0.25) is 0 Å². The van der Waals surface area contributed by atoms with Crippen LogP contribution in [0.5, 0.6) is 0 Å². The summed E-state index contributed by atoms with van der Waals surface area (Å²) in [5.41, 5.74) is -0.289. The first-order chi connectivity index (χ1) is 8.99. The Morgan fingerprint density at radius 2 is 2.00 bits per heavy atom. The second kappa shape index (κ2) is 5.36. The fraction of sp³-hybridized carbons (Fsp3) is 0.385. The van der Waals surface area contributed by atoms with Crippen LogP contribution in [0, 0.1) is 17.6 Å². The third kappa shape index (κ3) is 2.41. The van der Waals surface area contributed by atoms with Gasteiger partial charge in [0.1, 0.15) is 5.82 Å². The molecule has 1 aliphatic rings. The Hall–Kier alpha value is -1.30. The molecule has 102 valence electrons. The predicted octanol–water partition coefficient (Wildman–Crippen LogP) is 2.92. The number of Topliss-reactive ketones (excluding diaryl/α,β-unsaturated/α-hetero) is 1. The maximum atomic E-state index is 13.8. The fourth-order valence-electron chi connectivity index (χ4n) is 2.07. The van der Waals surface area contributed by atoms with Crippen LogP contribution >= 0.6 is 15.9 Å². The summed E-state index contributed by atoms with van der Waals surface area (Å²) < 4.78 is 26.9. The van der Waals surface area contributed by atoms with E-state index >= 15 is 0 Å². The zero-order valence-electron chi connectivity index (χ0n) is 10.3. The maximum absolute atomic E-state index is 13.8. The van der Waals surface area contributed by atoms with Crippen LogP contribution in [0.1, 0.15) is 23.7 Å². The number of ketones is 1. The average molecular weight is 332 g/mol. The van der Waals surface area contributed by atoms with Crippen molar-refractivity contribution in [1.82, 2.24) is 0 Å². The molecule has 0 aliphatic carbocycles. The summed E-state index contributed by atoms with van der Waals surface area (Å²) in [6.07, 6.45) is 0.779. The van der Waals surface area contributed by atoms with E-state index in [9.17, 15) is 18.4 Å². The zero-order valence-corrected chi connectivity index (χ0v) is 11.8. The van der Waals surface area contributed by atoms with Crippen LogP contribution in [-0.4, -0.2) is 23.6 Å². The lowest BCUT2D eigenvalue weighted by molar-refractivity contribution is -0.114. The molecule has 0 bridgehead atoms. The number of carbonyl (C=O) groups is 2. The predicted molar refractivity (Wildman–Crippen MR) is 70.6 cm³/mol. The molecule has 1 aromatic carbocycles. The van der Waals surface area contributed by atoms with Crippen molar-refractivity contribution < 1.29 is 18.4 Å². The Kier molecular flexibility index (Phi) is 3.99. The van der Waals surface area contributed by atoms with Crippen molar-refractivity contribution in [3.05, 3.63) is 29.3 Å². The second-order valence-electron chi connectivity index (χ2n) is 4.46. The Bertz CT molecular complexity index is 544. The van der Waals surface area contributed by atoms with E-state index in [1.807, 2.05) is 6.92 Å². The quantitative estimate of drug-likeness (QED) is 0.628. The molecule has 2 rings (SSSR count). The van der Waals surface area contributed by atoms with Crippen LogP contribution in [0.25, 0.3) is 0 Å². The van der Waals surface area contributed by atoms with Crippen LogP contribution < -0.4 is 4.90 Å². The van der Waals surface area contributed by atoms with Crippen molar-refractivity contribution in [3.63, 3.8) is 0 Å². The van der Waals surface area contributed by atoms with Gasteiger partial charge < -0.3 is 4.90 Å². The number of fused-ring (bicyclic) bond motifs is 1. The molecule has 0 fully saturated rings. The van der Waals surface area contributed by atoms with Gasteiger partial charge in [0.25, 0.3) is 11.7 Å². The van der Waals surface area contributed by atoms with Crippen molar-refractivity contribution in [3.8, 4) is 0 Å². The highest BCUT2D eigenvalue weighted by molar-refractivity contribution is 9.09. The van der Waals surface area contributed by atoms with E-state index in [0.29, 0.717) is 11.4 Å². The lowest BCUT2D eigenvalue weighted by Crippen LogP contribution is -2.35. The normalized spacial score (nSPS) is 15.9. The lowest BCUT2D eigenvalue weighted by atomic mass is 10.1. The Morgan fingerprint density at radius 1 is 1.32 bits per heavy atom. The first kappa shape index (κ1) is 14.1. The Balaban J connectivity index is 2.44. The number of hydrogen-bond acceptors (Lipinski definition) is 2. The molecule has 6 heteroatoms. The van der Waals surface area contributed by atoms with Crippen molar-refractivity contribution >= 4 is 33.3 Å². The van der Waals surface area contributed by atoms with Crippen LogP contribution in [0.3, 0.4) is 0 Å². The molecule has 0 N–H and O–H groups in total. The summed E-state index contributed by atoms with van der Waals surface area (Å²) in [5.74, 6) is -3.27. The van der Waals surface area contributed by atoms with E-state index in [4.69, 9.17) is 0 Å². The van der Waals surface area contributed by atoms with Gasteiger partial charge in [-0.3, -0.25) is 9.59 Å². The molecule has 1 aromatic rings. The molecule has 0 saturated carbocycles. The summed E-state index contributed by atoms with van der Waals surface area (Å²) in [6.45, 7) is 2.18. The van der Waals surface area contributed by atoms with Crippen LogP contribution in [0.15, 0.2) is 12.1 Å². The van der Waals surface area contributed by atoms with E-state index in [2.05, 4.69) is 15.9 Å². The number of amides is 1. The molecular weight excluding hydrogens is 320 g/mol. The minimum atomic E-state index is -0.876. The number of anilines is 1. The minimum Gasteiger partial charge on any atom is -0.302 e. The van der Waals surface area contributed by atoms with Gasteiger partial charge in [0, 0.05) is 17.9 Å². The number of hydrogen-bond donors (Lipinski definition) is 0. The molecule has 0 aromatic heterocycles. The van der Waals surface area contributed by atoms with Crippen LogP contribution in [-0.2, 0) is 4.79 Å². The molecule has 3 nitrogen and oxygen atoms in total. The van der Waals surface area contributed by atoms with E-state index in [-0.39, 0.29) is 23.7 Å². The van der Waals surface area contributed by atoms with Gasteiger partial charge in [-0.25, -0.2) is 8.78 Å². The lowest BCUT2D eigenvalue weighted by Gasteiger charge is -2.21. The van der Waals surface area contributed by atoms with E-state index < -0.39 is 23.3 Å². The summed E-state index contributed by atoms with van der Waals surface area (Å²) in [5, 5.41) is 0.639. The molecule has 1 unspecified atom stereocenters. The highest BCUT2D eigenvalue weighted by Gasteiger charge is 2.39.